The number of nitrogens with two attached hydrogens (primary N) is 1. The van der Waals surface area contributed by atoms with Gasteiger partial charge in [0.25, 0.3) is 0 Å². The molecule has 0 spiro atoms. The van der Waals surface area contributed by atoms with Crippen LogP contribution < -0.4 is 10.5 Å². The molecule has 1 aliphatic carbocycles. The fourth-order valence-electron chi connectivity index (χ4n) is 1.61. The van der Waals surface area contributed by atoms with Crippen LogP contribution >= 0.6 is 0 Å². The molecular weight excluding hydrogens is 162 g/mol. The molecule has 0 atom stereocenters. The van der Waals surface area contributed by atoms with Crippen molar-refractivity contribution >= 4 is 0 Å². The molecule has 1 fully saturated rings. The van der Waals surface area contributed by atoms with E-state index in [1.54, 1.807) is 7.11 Å². The molecule has 2 nitrogen and oxygen atoms in total. The number of aryl methyl sites for hydroxylation is 1. The highest BCUT2D eigenvalue weighted by Gasteiger charge is 2.39. The van der Waals surface area contributed by atoms with Gasteiger partial charge in [0.1, 0.15) is 5.75 Å². The highest BCUT2D eigenvalue weighted by Crippen LogP contribution is 2.43. The van der Waals surface area contributed by atoms with Crippen LogP contribution in [-0.4, -0.2) is 7.11 Å². The van der Waals surface area contributed by atoms with Gasteiger partial charge < -0.3 is 10.5 Å². The monoisotopic (exact) mass is 177 g/mol. The normalized spacial score (nSPS) is 18.4. The first-order valence-corrected chi connectivity index (χ1v) is 4.60. The Hall–Kier alpha value is -1.02. The molecule has 1 aromatic rings. The van der Waals surface area contributed by atoms with Crippen molar-refractivity contribution in [3.63, 3.8) is 0 Å². The summed E-state index contributed by atoms with van der Waals surface area (Å²) in [5, 5.41) is 0. The van der Waals surface area contributed by atoms with Crippen molar-refractivity contribution < 1.29 is 4.74 Å². The lowest BCUT2D eigenvalue weighted by atomic mass is 10.0. The average Bonchev–Trinajstić information content (AvgIpc) is 2.85. The van der Waals surface area contributed by atoms with Crippen molar-refractivity contribution in [3.05, 3.63) is 29.3 Å². The summed E-state index contributed by atoms with van der Waals surface area (Å²) in [6, 6.07) is 6.20. The van der Waals surface area contributed by atoms with Gasteiger partial charge in [-0.25, -0.2) is 0 Å². The van der Waals surface area contributed by atoms with E-state index in [1.807, 2.05) is 13.0 Å². The summed E-state index contributed by atoms with van der Waals surface area (Å²) in [6.07, 6.45) is 2.22. The van der Waals surface area contributed by atoms with Gasteiger partial charge in [0, 0.05) is 5.54 Å². The van der Waals surface area contributed by atoms with Crippen LogP contribution in [0.2, 0.25) is 0 Å². The van der Waals surface area contributed by atoms with Crippen molar-refractivity contribution in [3.8, 4) is 5.75 Å². The Morgan fingerprint density at radius 3 is 2.54 bits per heavy atom. The number of ether oxygens (including phenoxy) is 1. The SMILES string of the molecule is COc1ccc(C2(N)CC2)cc1C. The van der Waals surface area contributed by atoms with Gasteiger partial charge in [-0.3, -0.25) is 0 Å². The molecule has 0 bridgehead atoms. The van der Waals surface area contributed by atoms with Gasteiger partial charge in [-0.2, -0.15) is 0 Å². The Labute approximate surface area is 78.7 Å². The topological polar surface area (TPSA) is 35.2 Å². The molecule has 70 valence electrons. The lowest BCUT2D eigenvalue weighted by Gasteiger charge is -2.11. The Kier molecular flexibility index (Phi) is 1.81. The number of hydrogen-bond donors (Lipinski definition) is 1. The van der Waals surface area contributed by atoms with E-state index in [0.29, 0.717) is 0 Å². The van der Waals surface area contributed by atoms with Crippen LogP contribution in [0.15, 0.2) is 18.2 Å². The average molecular weight is 177 g/mol. The standard InChI is InChI=1S/C11H15NO/c1-8-7-9(11(12)5-6-11)3-4-10(8)13-2/h3-4,7H,5-6,12H2,1-2H3. The number of hydrogen-bond acceptors (Lipinski definition) is 2. The predicted molar refractivity (Wildman–Crippen MR) is 52.8 cm³/mol. The third kappa shape index (κ3) is 1.42. The van der Waals surface area contributed by atoms with Crippen LogP contribution in [0.3, 0.4) is 0 Å². The molecule has 2 N–H and O–H groups in total. The maximum absolute atomic E-state index is 6.09. The van der Waals surface area contributed by atoms with Crippen LogP contribution in [0.1, 0.15) is 24.0 Å². The zero-order chi connectivity index (χ0) is 9.47. The number of rotatable bonds is 2. The number of benzene rings is 1. The van der Waals surface area contributed by atoms with E-state index >= 15 is 0 Å². The Balaban J connectivity index is 2.36. The van der Waals surface area contributed by atoms with Crippen molar-refractivity contribution in [2.75, 3.05) is 7.11 Å². The van der Waals surface area contributed by atoms with Gasteiger partial charge in [0.15, 0.2) is 0 Å². The van der Waals surface area contributed by atoms with Crippen LogP contribution in [0, 0.1) is 6.92 Å². The smallest absolute Gasteiger partial charge is 0.121 e. The minimum Gasteiger partial charge on any atom is -0.496 e. The largest absolute Gasteiger partial charge is 0.496 e. The van der Waals surface area contributed by atoms with Crippen molar-refractivity contribution in [2.24, 2.45) is 5.73 Å². The van der Waals surface area contributed by atoms with Crippen molar-refractivity contribution in [1.29, 1.82) is 0 Å². The fraction of sp³-hybridized carbons (Fsp3) is 0.455. The molecule has 1 aromatic carbocycles. The second-order valence-electron chi connectivity index (χ2n) is 3.84. The lowest BCUT2D eigenvalue weighted by molar-refractivity contribution is 0.411. The third-order valence-corrected chi connectivity index (χ3v) is 2.76. The summed E-state index contributed by atoms with van der Waals surface area (Å²) in [5.41, 5.74) is 8.46. The molecule has 0 unspecified atom stereocenters. The maximum Gasteiger partial charge on any atom is 0.121 e. The molecule has 1 saturated carbocycles. The van der Waals surface area contributed by atoms with Gasteiger partial charge >= 0.3 is 0 Å². The maximum atomic E-state index is 6.09. The van der Waals surface area contributed by atoms with E-state index in [4.69, 9.17) is 10.5 Å². The molecular formula is C11H15NO. The van der Waals surface area contributed by atoms with Crippen LogP contribution in [-0.2, 0) is 5.54 Å². The second kappa shape index (κ2) is 2.74. The highest BCUT2D eigenvalue weighted by atomic mass is 16.5. The molecule has 0 heterocycles. The van der Waals surface area contributed by atoms with E-state index in [9.17, 15) is 0 Å². The molecule has 2 heteroatoms. The fourth-order valence-corrected chi connectivity index (χ4v) is 1.61. The third-order valence-electron chi connectivity index (χ3n) is 2.76. The Morgan fingerprint density at radius 1 is 1.38 bits per heavy atom. The van der Waals surface area contributed by atoms with Crippen LogP contribution in [0.4, 0.5) is 0 Å². The van der Waals surface area contributed by atoms with E-state index < -0.39 is 0 Å². The zero-order valence-electron chi connectivity index (χ0n) is 8.13. The first kappa shape index (κ1) is 8.57. The molecule has 2 rings (SSSR count). The molecule has 0 aliphatic heterocycles. The summed E-state index contributed by atoms with van der Waals surface area (Å²) in [4.78, 5) is 0. The molecule has 0 amide bonds. The van der Waals surface area contributed by atoms with Gasteiger partial charge in [-0.05, 0) is 37.0 Å². The minimum atomic E-state index is -0.0307. The van der Waals surface area contributed by atoms with Crippen LogP contribution in [0.5, 0.6) is 5.75 Å². The minimum absolute atomic E-state index is 0.0307. The first-order chi connectivity index (χ1) is 6.15. The quantitative estimate of drug-likeness (QED) is 0.749. The van der Waals surface area contributed by atoms with Gasteiger partial charge in [-0.1, -0.05) is 12.1 Å². The number of methoxy groups -OCH3 is 1. The summed E-state index contributed by atoms with van der Waals surface area (Å²) in [5.74, 6) is 0.938. The van der Waals surface area contributed by atoms with E-state index in [0.717, 1.165) is 24.2 Å². The van der Waals surface area contributed by atoms with Crippen LogP contribution in [0.25, 0.3) is 0 Å². The lowest BCUT2D eigenvalue weighted by Crippen LogP contribution is -2.18. The van der Waals surface area contributed by atoms with E-state index in [-0.39, 0.29) is 5.54 Å². The van der Waals surface area contributed by atoms with E-state index in [1.165, 1.54) is 5.56 Å². The van der Waals surface area contributed by atoms with Gasteiger partial charge in [0.05, 0.1) is 7.11 Å². The first-order valence-electron chi connectivity index (χ1n) is 4.60. The van der Waals surface area contributed by atoms with Gasteiger partial charge in [-0.15, -0.1) is 0 Å². The highest BCUT2D eigenvalue weighted by molar-refractivity contribution is 5.40. The summed E-state index contributed by atoms with van der Waals surface area (Å²) < 4.78 is 5.19. The van der Waals surface area contributed by atoms with Gasteiger partial charge in [0.2, 0.25) is 0 Å². The predicted octanol–water partition coefficient (Wildman–Crippen LogP) is 1.95. The summed E-state index contributed by atoms with van der Waals surface area (Å²) >= 11 is 0. The summed E-state index contributed by atoms with van der Waals surface area (Å²) in [7, 11) is 1.69. The Morgan fingerprint density at radius 2 is 2.08 bits per heavy atom. The zero-order valence-corrected chi connectivity index (χ0v) is 8.13. The Bertz CT molecular complexity index is 329. The molecule has 0 radical (unpaired) electrons. The van der Waals surface area contributed by atoms with E-state index in [2.05, 4.69) is 12.1 Å². The van der Waals surface area contributed by atoms with Crippen molar-refractivity contribution in [1.82, 2.24) is 0 Å². The van der Waals surface area contributed by atoms with Crippen molar-refractivity contribution in [2.45, 2.75) is 25.3 Å². The molecule has 0 saturated heterocycles. The summed E-state index contributed by atoms with van der Waals surface area (Å²) in [6.45, 7) is 2.05. The second-order valence-corrected chi connectivity index (χ2v) is 3.84. The molecule has 13 heavy (non-hydrogen) atoms. The molecule has 0 aromatic heterocycles. The molecule has 1 aliphatic rings.